The van der Waals surface area contributed by atoms with Crippen molar-refractivity contribution < 1.29 is 14.6 Å². The molecule has 1 saturated carbocycles. The molecule has 0 heterocycles. The molecule has 52 valence electrons. The Balaban J connectivity index is 2.25. The van der Waals surface area contributed by atoms with E-state index in [0.717, 1.165) is 6.42 Å². The molecule has 0 spiro atoms. The van der Waals surface area contributed by atoms with Gasteiger partial charge < -0.3 is 9.84 Å². The van der Waals surface area contributed by atoms with Gasteiger partial charge in [0.05, 0.1) is 13.0 Å². The molecule has 9 heavy (non-hydrogen) atoms. The Morgan fingerprint density at radius 3 is 2.89 bits per heavy atom. The van der Waals surface area contributed by atoms with Gasteiger partial charge in [0, 0.05) is 6.61 Å². The minimum Gasteiger partial charge on any atom is -0.469 e. The third-order valence-electron chi connectivity index (χ3n) is 1.66. The van der Waals surface area contributed by atoms with Gasteiger partial charge in [0.1, 0.15) is 0 Å². The minimum atomic E-state index is -0.186. The number of carbonyl (C=O) groups is 1. The van der Waals surface area contributed by atoms with Crippen LogP contribution in [-0.4, -0.2) is 24.8 Å². The average molecular weight is 130 g/mol. The Kier molecular flexibility index (Phi) is 1.71. The fourth-order valence-corrected chi connectivity index (χ4v) is 0.889. The molecule has 2 atom stereocenters. The summed E-state index contributed by atoms with van der Waals surface area (Å²) in [5, 5.41) is 8.51. The van der Waals surface area contributed by atoms with Gasteiger partial charge in [0.2, 0.25) is 0 Å². The second kappa shape index (κ2) is 2.35. The number of aliphatic hydroxyl groups excluding tert-OH is 1. The van der Waals surface area contributed by atoms with Crippen molar-refractivity contribution in [3.05, 3.63) is 0 Å². The predicted molar refractivity (Wildman–Crippen MR) is 30.7 cm³/mol. The van der Waals surface area contributed by atoms with E-state index in [1.807, 2.05) is 0 Å². The van der Waals surface area contributed by atoms with Crippen molar-refractivity contribution in [2.24, 2.45) is 11.8 Å². The maximum atomic E-state index is 10.6. The standard InChI is InChI=1S/C6H10O3/c1-9-6(8)5-2-4(5)3-7/h4-5,7H,2-3H2,1H3/t4?,5-/m0/s1. The summed E-state index contributed by atoms with van der Waals surface area (Å²) in [7, 11) is 1.37. The summed E-state index contributed by atoms with van der Waals surface area (Å²) >= 11 is 0. The fourth-order valence-electron chi connectivity index (χ4n) is 0.889. The molecule has 0 saturated heterocycles. The van der Waals surface area contributed by atoms with Crippen LogP contribution in [0.25, 0.3) is 0 Å². The van der Waals surface area contributed by atoms with Crippen molar-refractivity contribution >= 4 is 5.97 Å². The second-order valence-corrected chi connectivity index (χ2v) is 2.31. The van der Waals surface area contributed by atoms with Crippen LogP contribution in [0.2, 0.25) is 0 Å². The largest absolute Gasteiger partial charge is 0.469 e. The van der Waals surface area contributed by atoms with Crippen molar-refractivity contribution in [2.45, 2.75) is 6.42 Å². The summed E-state index contributed by atoms with van der Waals surface area (Å²) in [4.78, 5) is 10.6. The second-order valence-electron chi connectivity index (χ2n) is 2.31. The number of ether oxygens (including phenoxy) is 1. The summed E-state index contributed by atoms with van der Waals surface area (Å²) in [6, 6.07) is 0. The molecular weight excluding hydrogens is 120 g/mol. The van der Waals surface area contributed by atoms with E-state index in [1.54, 1.807) is 0 Å². The van der Waals surface area contributed by atoms with Crippen LogP contribution in [0.15, 0.2) is 0 Å². The highest BCUT2D eigenvalue weighted by Gasteiger charge is 2.43. The fraction of sp³-hybridized carbons (Fsp3) is 0.833. The van der Waals surface area contributed by atoms with Gasteiger partial charge in [-0.15, -0.1) is 0 Å². The Hall–Kier alpha value is -0.570. The number of esters is 1. The third kappa shape index (κ3) is 1.21. The van der Waals surface area contributed by atoms with Crippen molar-refractivity contribution in [3.63, 3.8) is 0 Å². The number of hydrogen-bond acceptors (Lipinski definition) is 3. The lowest BCUT2D eigenvalue weighted by Gasteiger charge is -1.93. The van der Waals surface area contributed by atoms with E-state index < -0.39 is 0 Å². The van der Waals surface area contributed by atoms with Gasteiger partial charge in [-0.25, -0.2) is 0 Å². The molecule has 1 aliphatic carbocycles. The van der Waals surface area contributed by atoms with Crippen LogP contribution < -0.4 is 0 Å². The molecule has 1 rings (SSSR count). The van der Waals surface area contributed by atoms with Crippen LogP contribution in [-0.2, 0) is 9.53 Å². The number of hydrogen-bond donors (Lipinski definition) is 1. The van der Waals surface area contributed by atoms with Crippen molar-refractivity contribution in [2.75, 3.05) is 13.7 Å². The van der Waals surface area contributed by atoms with Crippen molar-refractivity contribution in [1.82, 2.24) is 0 Å². The monoisotopic (exact) mass is 130 g/mol. The third-order valence-corrected chi connectivity index (χ3v) is 1.66. The predicted octanol–water partition coefficient (Wildman–Crippen LogP) is -0.212. The molecule has 0 aliphatic heterocycles. The SMILES string of the molecule is COC(=O)[C@H]1CC1CO. The molecule has 0 bridgehead atoms. The van der Waals surface area contributed by atoms with Gasteiger partial charge in [-0.05, 0) is 12.3 Å². The molecular formula is C6H10O3. The first-order valence-electron chi connectivity index (χ1n) is 2.98. The first kappa shape index (κ1) is 6.55. The Morgan fingerprint density at radius 2 is 2.56 bits per heavy atom. The molecule has 1 unspecified atom stereocenters. The van der Waals surface area contributed by atoms with Gasteiger partial charge in [-0.2, -0.15) is 0 Å². The lowest BCUT2D eigenvalue weighted by Crippen LogP contribution is -2.05. The summed E-state index contributed by atoms with van der Waals surface area (Å²) < 4.78 is 4.46. The minimum absolute atomic E-state index is 0.0139. The zero-order valence-electron chi connectivity index (χ0n) is 5.33. The maximum Gasteiger partial charge on any atom is 0.309 e. The topological polar surface area (TPSA) is 46.5 Å². The van der Waals surface area contributed by atoms with Crippen molar-refractivity contribution in [3.8, 4) is 0 Å². The summed E-state index contributed by atoms with van der Waals surface area (Å²) in [5.41, 5.74) is 0. The van der Waals surface area contributed by atoms with E-state index in [9.17, 15) is 4.79 Å². The number of aliphatic hydroxyl groups is 1. The van der Waals surface area contributed by atoms with Crippen LogP contribution in [0.1, 0.15) is 6.42 Å². The molecule has 0 aromatic carbocycles. The molecule has 0 aromatic rings. The molecule has 0 radical (unpaired) electrons. The van der Waals surface area contributed by atoms with E-state index in [2.05, 4.69) is 4.74 Å². The van der Waals surface area contributed by atoms with Gasteiger partial charge >= 0.3 is 5.97 Å². The molecule has 1 fully saturated rings. The van der Waals surface area contributed by atoms with Gasteiger partial charge in [0.15, 0.2) is 0 Å². The first-order chi connectivity index (χ1) is 4.29. The Bertz CT molecular complexity index is 121. The zero-order chi connectivity index (χ0) is 6.85. The molecule has 3 nitrogen and oxygen atoms in total. The molecule has 0 amide bonds. The number of methoxy groups -OCH3 is 1. The van der Waals surface area contributed by atoms with Gasteiger partial charge in [-0.3, -0.25) is 4.79 Å². The lowest BCUT2D eigenvalue weighted by atomic mass is 10.3. The van der Waals surface area contributed by atoms with Crippen LogP contribution in [0.3, 0.4) is 0 Å². The summed E-state index contributed by atoms with van der Waals surface area (Å²) in [6.45, 7) is 0.111. The first-order valence-corrected chi connectivity index (χ1v) is 2.98. The Morgan fingerprint density at radius 1 is 1.89 bits per heavy atom. The van der Waals surface area contributed by atoms with Crippen LogP contribution in [0, 0.1) is 11.8 Å². The highest BCUT2D eigenvalue weighted by Crippen LogP contribution is 2.38. The van der Waals surface area contributed by atoms with E-state index in [-0.39, 0.29) is 24.4 Å². The van der Waals surface area contributed by atoms with Gasteiger partial charge in [0.25, 0.3) is 0 Å². The molecule has 1 N–H and O–H groups in total. The van der Waals surface area contributed by atoms with Gasteiger partial charge in [-0.1, -0.05) is 0 Å². The van der Waals surface area contributed by atoms with E-state index in [0.29, 0.717) is 0 Å². The lowest BCUT2D eigenvalue weighted by molar-refractivity contribution is -0.142. The normalized spacial score (nSPS) is 31.8. The molecule has 0 aromatic heterocycles. The smallest absolute Gasteiger partial charge is 0.309 e. The van der Waals surface area contributed by atoms with E-state index in [4.69, 9.17) is 5.11 Å². The number of rotatable bonds is 2. The van der Waals surface area contributed by atoms with E-state index >= 15 is 0 Å². The van der Waals surface area contributed by atoms with Crippen molar-refractivity contribution in [1.29, 1.82) is 0 Å². The van der Waals surface area contributed by atoms with Crippen LogP contribution >= 0.6 is 0 Å². The maximum absolute atomic E-state index is 10.6. The van der Waals surface area contributed by atoms with Crippen LogP contribution in [0.5, 0.6) is 0 Å². The highest BCUT2D eigenvalue weighted by molar-refractivity contribution is 5.75. The quantitative estimate of drug-likeness (QED) is 0.526. The number of carbonyl (C=O) groups excluding carboxylic acids is 1. The summed E-state index contributed by atoms with van der Waals surface area (Å²) in [6.07, 6.45) is 0.795. The van der Waals surface area contributed by atoms with E-state index in [1.165, 1.54) is 7.11 Å². The molecule has 1 aliphatic rings. The Labute approximate surface area is 53.6 Å². The zero-order valence-corrected chi connectivity index (χ0v) is 5.33. The summed E-state index contributed by atoms with van der Waals surface area (Å²) in [5.74, 6) is -0.0218. The molecule has 3 heteroatoms. The highest BCUT2D eigenvalue weighted by atomic mass is 16.5. The van der Waals surface area contributed by atoms with Crippen LogP contribution in [0.4, 0.5) is 0 Å². The average Bonchev–Trinajstić information content (AvgIpc) is 2.64.